The summed E-state index contributed by atoms with van der Waals surface area (Å²) in [5, 5.41) is 3.01. The largest absolute Gasteiger partial charge is 0.368 e. The Labute approximate surface area is 201 Å². The van der Waals surface area contributed by atoms with E-state index in [4.69, 9.17) is 0 Å². The van der Waals surface area contributed by atoms with E-state index in [1.807, 2.05) is 47.4 Å². The van der Waals surface area contributed by atoms with Crippen LogP contribution in [0.4, 0.5) is 5.69 Å². The highest BCUT2D eigenvalue weighted by Crippen LogP contribution is 2.36. The van der Waals surface area contributed by atoms with E-state index in [-0.39, 0.29) is 23.7 Å². The van der Waals surface area contributed by atoms with Crippen LogP contribution in [0.15, 0.2) is 72.8 Å². The molecule has 174 valence electrons. The minimum absolute atomic E-state index is 0.0513. The molecule has 2 heterocycles. The van der Waals surface area contributed by atoms with Crippen LogP contribution in [0.2, 0.25) is 0 Å². The number of carbonyl (C=O) groups is 2. The van der Waals surface area contributed by atoms with Gasteiger partial charge in [-0.05, 0) is 48.7 Å². The summed E-state index contributed by atoms with van der Waals surface area (Å²) in [6.07, 6.45) is 0. The predicted octanol–water partition coefficient (Wildman–Crippen LogP) is 4.26. The summed E-state index contributed by atoms with van der Waals surface area (Å²) < 4.78 is 0. The van der Waals surface area contributed by atoms with Crippen LogP contribution in [0, 0.1) is 13.8 Å². The van der Waals surface area contributed by atoms with Gasteiger partial charge in [-0.2, -0.15) is 0 Å². The maximum atomic E-state index is 13.2. The predicted molar refractivity (Wildman–Crippen MR) is 135 cm³/mol. The van der Waals surface area contributed by atoms with Crippen molar-refractivity contribution in [3.05, 3.63) is 101 Å². The molecule has 3 aromatic carbocycles. The van der Waals surface area contributed by atoms with Gasteiger partial charge in [-0.15, -0.1) is 0 Å². The molecule has 3 aromatic rings. The van der Waals surface area contributed by atoms with Gasteiger partial charge in [-0.25, -0.2) is 0 Å². The maximum absolute atomic E-state index is 13.2. The third kappa shape index (κ3) is 4.30. The number of hydrogen-bond donors (Lipinski definition) is 1. The van der Waals surface area contributed by atoms with Gasteiger partial charge in [0.15, 0.2) is 0 Å². The molecule has 0 aliphatic carbocycles. The quantitative estimate of drug-likeness (QED) is 0.642. The summed E-state index contributed by atoms with van der Waals surface area (Å²) in [4.78, 5) is 30.1. The number of carbonyl (C=O) groups excluding carboxylic acids is 2. The van der Waals surface area contributed by atoms with E-state index in [2.05, 4.69) is 54.4 Å². The van der Waals surface area contributed by atoms with Gasteiger partial charge in [0.2, 0.25) is 5.91 Å². The molecule has 5 rings (SSSR count). The Balaban J connectivity index is 1.26. The van der Waals surface area contributed by atoms with Crippen LogP contribution in [-0.4, -0.2) is 49.4 Å². The van der Waals surface area contributed by atoms with Gasteiger partial charge in [0, 0.05) is 49.9 Å². The van der Waals surface area contributed by atoms with Crippen molar-refractivity contribution < 1.29 is 9.59 Å². The van der Waals surface area contributed by atoms with Crippen molar-refractivity contribution in [3.8, 4) is 0 Å². The molecule has 0 aromatic heterocycles. The summed E-state index contributed by atoms with van der Waals surface area (Å²) in [5.41, 5.74) is 6.60. The molecular formula is C29H31N3O2. The first-order chi connectivity index (χ1) is 16.5. The summed E-state index contributed by atoms with van der Waals surface area (Å²) >= 11 is 0. The molecule has 0 bridgehead atoms. The average Bonchev–Trinajstić information content (AvgIpc) is 3.26. The summed E-state index contributed by atoms with van der Waals surface area (Å²) in [7, 11) is 0. The number of anilines is 1. The zero-order chi connectivity index (χ0) is 23.7. The van der Waals surface area contributed by atoms with E-state index in [1.54, 1.807) is 0 Å². The number of aryl methyl sites for hydroxylation is 2. The molecule has 5 nitrogen and oxygen atoms in total. The fourth-order valence-corrected chi connectivity index (χ4v) is 5.34. The molecule has 5 heteroatoms. The highest BCUT2D eigenvalue weighted by atomic mass is 16.2. The Bertz CT molecular complexity index is 1180. The first-order valence-corrected chi connectivity index (χ1v) is 12.1. The molecule has 1 unspecified atom stereocenters. The first-order valence-electron chi connectivity index (χ1n) is 12.1. The summed E-state index contributed by atoms with van der Waals surface area (Å²) in [5.74, 6) is -0.0147. The minimum atomic E-state index is -0.229. The summed E-state index contributed by atoms with van der Waals surface area (Å²) in [6.45, 7) is 7.96. The lowest BCUT2D eigenvalue weighted by molar-refractivity contribution is -0.120. The SMILES string of the molecule is Cc1ccc(N2CCN(C(=O)c3ccc([C@@H]4C(=O)NCC4c4ccccc4)cc3)CC2)c(C)c1. The number of amides is 2. The molecule has 2 fully saturated rings. The van der Waals surface area contributed by atoms with Crippen LogP contribution in [-0.2, 0) is 4.79 Å². The molecule has 2 aliphatic rings. The molecule has 0 spiro atoms. The van der Waals surface area contributed by atoms with Gasteiger partial charge < -0.3 is 15.1 Å². The van der Waals surface area contributed by atoms with E-state index in [1.165, 1.54) is 16.8 Å². The van der Waals surface area contributed by atoms with Crippen molar-refractivity contribution in [3.63, 3.8) is 0 Å². The monoisotopic (exact) mass is 453 g/mol. The molecule has 0 radical (unpaired) electrons. The Morgan fingerprint density at radius 3 is 2.24 bits per heavy atom. The summed E-state index contributed by atoms with van der Waals surface area (Å²) in [6, 6.07) is 24.4. The smallest absolute Gasteiger partial charge is 0.253 e. The molecule has 2 atom stereocenters. The van der Waals surface area contributed by atoms with Crippen LogP contribution < -0.4 is 10.2 Å². The van der Waals surface area contributed by atoms with E-state index in [0.717, 1.165) is 24.2 Å². The molecule has 2 amide bonds. The fourth-order valence-electron chi connectivity index (χ4n) is 5.34. The molecule has 1 N–H and O–H groups in total. The van der Waals surface area contributed by atoms with Crippen LogP contribution in [0.25, 0.3) is 0 Å². The molecular weight excluding hydrogens is 422 g/mol. The number of nitrogens with zero attached hydrogens (tertiary/aromatic N) is 2. The van der Waals surface area contributed by atoms with Gasteiger partial charge in [-0.3, -0.25) is 9.59 Å². The standard InChI is InChI=1S/C29H31N3O2/c1-20-8-13-26(21(2)18-20)31-14-16-32(17-15-31)29(34)24-11-9-23(10-12-24)27-25(19-30-28(27)33)22-6-4-3-5-7-22/h3-13,18,25,27H,14-17,19H2,1-2H3,(H,30,33)/t25?,27-/m0/s1. The maximum Gasteiger partial charge on any atom is 0.253 e. The van der Waals surface area contributed by atoms with Gasteiger partial charge in [-0.1, -0.05) is 60.2 Å². The molecule has 2 saturated heterocycles. The number of nitrogens with one attached hydrogen (secondary N) is 1. The lowest BCUT2D eigenvalue weighted by Gasteiger charge is -2.37. The fraction of sp³-hybridized carbons (Fsp3) is 0.310. The Morgan fingerprint density at radius 2 is 1.56 bits per heavy atom. The average molecular weight is 454 g/mol. The molecule has 0 saturated carbocycles. The Hall–Kier alpha value is -3.60. The third-order valence-electron chi connectivity index (χ3n) is 7.19. The van der Waals surface area contributed by atoms with Crippen molar-refractivity contribution in [1.82, 2.24) is 10.2 Å². The van der Waals surface area contributed by atoms with Crippen molar-refractivity contribution in [2.75, 3.05) is 37.6 Å². The molecule has 2 aliphatic heterocycles. The third-order valence-corrected chi connectivity index (χ3v) is 7.19. The van der Waals surface area contributed by atoms with E-state index in [0.29, 0.717) is 25.2 Å². The van der Waals surface area contributed by atoms with Crippen molar-refractivity contribution >= 4 is 17.5 Å². The van der Waals surface area contributed by atoms with Crippen LogP contribution in [0.3, 0.4) is 0 Å². The Morgan fingerprint density at radius 1 is 0.853 bits per heavy atom. The normalized spacial score (nSPS) is 20.4. The topological polar surface area (TPSA) is 52.7 Å². The highest BCUT2D eigenvalue weighted by Gasteiger charge is 2.36. The second-order valence-corrected chi connectivity index (χ2v) is 9.43. The second kappa shape index (κ2) is 9.34. The number of piperazine rings is 1. The van der Waals surface area contributed by atoms with Crippen molar-refractivity contribution in [2.45, 2.75) is 25.7 Å². The van der Waals surface area contributed by atoms with Crippen molar-refractivity contribution in [2.24, 2.45) is 0 Å². The van der Waals surface area contributed by atoms with E-state index in [9.17, 15) is 9.59 Å². The highest BCUT2D eigenvalue weighted by molar-refractivity contribution is 5.95. The van der Waals surface area contributed by atoms with Crippen LogP contribution in [0.1, 0.15) is 44.4 Å². The number of benzene rings is 3. The van der Waals surface area contributed by atoms with Gasteiger partial charge in [0.25, 0.3) is 5.91 Å². The number of rotatable bonds is 4. The van der Waals surface area contributed by atoms with Gasteiger partial charge in [0.05, 0.1) is 5.92 Å². The lowest BCUT2D eigenvalue weighted by atomic mass is 9.83. The molecule has 34 heavy (non-hydrogen) atoms. The second-order valence-electron chi connectivity index (χ2n) is 9.43. The Kier molecular flexibility index (Phi) is 6.10. The van der Waals surface area contributed by atoms with E-state index >= 15 is 0 Å². The van der Waals surface area contributed by atoms with Gasteiger partial charge >= 0.3 is 0 Å². The van der Waals surface area contributed by atoms with Crippen LogP contribution in [0.5, 0.6) is 0 Å². The van der Waals surface area contributed by atoms with Crippen LogP contribution >= 0.6 is 0 Å². The zero-order valence-electron chi connectivity index (χ0n) is 19.8. The number of hydrogen-bond acceptors (Lipinski definition) is 3. The first kappa shape index (κ1) is 22.2. The zero-order valence-corrected chi connectivity index (χ0v) is 19.8. The van der Waals surface area contributed by atoms with E-state index < -0.39 is 0 Å². The van der Waals surface area contributed by atoms with Gasteiger partial charge in [0.1, 0.15) is 0 Å². The lowest BCUT2D eigenvalue weighted by Crippen LogP contribution is -2.49. The van der Waals surface area contributed by atoms with Crippen molar-refractivity contribution in [1.29, 1.82) is 0 Å². The minimum Gasteiger partial charge on any atom is -0.368 e.